The highest BCUT2D eigenvalue weighted by Gasteiger charge is 2.30. The summed E-state index contributed by atoms with van der Waals surface area (Å²) in [6.07, 6.45) is 1.18. The fourth-order valence-electron chi connectivity index (χ4n) is 2.20. The Morgan fingerprint density at radius 3 is 2.75 bits per heavy atom. The van der Waals surface area contributed by atoms with Crippen molar-refractivity contribution >= 4 is 21.6 Å². The standard InChI is InChI=1S/C13H15BrN2/c1-13(2)6-7-16(9-13)12-5-3-4-11(14)10(12)8-15/h3-5H,6-7,9H2,1-2H3. The SMILES string of the molecule is CC1(C)CCN(c2cccc(Br)c2C#N)C1. The highest BCUT2D eigenvalue weighted by atomic mass is 79.9. The normalized spacial score (nSPS) is 18.5. The van der Waals surface area contributed by atoms with Gasteiger partial charge in [0.2, 0.25) is 0 Å². The van der Waals surface area contributed by atoms with Crippen LogP contribution < -0.4 is 4.90 Å². The summed E-state index contributed by atoms with van der Waals surface area (Å²) in [7, 11) is 0. The first-order chi connectivity index (χ1) is 7.53. The third kappa shape index (κ3) is 2.08. The molecule has 1 saturated heterocycles. The van der Waals surface area contributed by atoms with Gasteiger partial charge in [-0.05, 0) is 39.9 Å². The van der Waals surface area contributed by atoms with E-state index in [0.717, 1.165) is 28.8 Å². The zero-order valence-corrected chi connectivity index (χ0v) is 11.2. The minimum absolute atomic E-state index is 0.356. The second kappa shape index (κ2) is 4.10. The monoisotopic (exact) mass is 278 g/mol. The molecular formula is C13H15BrN2. The predicted octanol–water partition coefficient (Wildman–Crippen LogP) is 3.56. The van der Waals surface area contributed by atoms with Crippen LogP contribution in [0.15, 0.2) is 22.7 Å². The maximum Gasteiger partial charge on any atom is 0.103 e. The van der Waals surface area contributed by atoms with E-state index in [1.54, 1.807) is 0 Å². The van der Waals surface area contributed by atoms with Crippen molar-refractivity contribution in [2.24, 2.45) is 5.41 Å². The van der Waals surface area contributed by atoms with Crippen molar-refractivity contribution in [3.63, 3.8) is 0 Å². The zero-order chi connectivity index (χ0) is 11.8. The summed E-state index contributed by atoms with van der Waals surface area (Å²) in [5.74, 6) is 0. The van der Waals surface area contributed by atoms with Gasteiger partial charge in [-0.2, -0.15) is 5.26 Å². The second-order valence-electron chi connectivity index (χ2n) is 5.08. The van der Waals surface area contributed by atoms with Crippen LogP contribution in [0.1, 0.15) is 25.8 Å². The van der Waals surface area contributed by atoms with Gasteiger partial charge in [0.15, 0.2) is 0 Å². The van der Waals surface area contributed by atoms with E-state index in [-0.39, 0.29) is 0 Å². The van der Waals surface area contributed by atoms with Crippen LogP contribution in [0, 0.1) is 16.7 Å². The van der Waals surface area contributed by atoms with E-state index >= 15 is 0 Å². The minimum atomic E-state index is 0.356. The lowest BCUT2D eigenvalue weighted by Gasteiger charge is -2.22. The minimum Gasteiger partial charge on any atom is -0.370 e. The molecule has 2 rings (SSSR count). The summed E-state index contributed by atoms with van der Waals surface area (Å²) >= 11 is 3.43. The van der Waals surface area contributed by atoms with Gasteiger partial charge in [0, 0.05) is 17.6 Å². The molecule has 0 radical (unpaired) electrons. The fourth-order valence-corrected chi connectivity index (χ4v) is 2.65. The van der Waals surface area contributed by atoms with Gasteiger partial charge in [-0.3, -0.25) is 0 Å². The van der Waals surface area contributed by atoms with Crippen molar-refractivity contribution in [3.8, 4) is 6.07 Å². The number of benzene rings is 1. The Labute approximate surface area is 105 Å². The van der Waals surface area contributed by atoms with Crippen molar-refractivity contribution in [2.45, 2.75) is 20.3 Å². The Morgan fingerprint density at radius 2 is 2.19 bits per heavy atom. The van der Waals surface area contributed by atoms with Crippen molar-refractivity contribution in [3.05, 3.63) is 28.2 Å². The zero-order valence-electron chi connectivity index (χ0n) is 9.63. The Hall–Kier alpha value is -1.01. The number of anilines is 1. The Bertz CT molecular complexity index is 446. The Kier molecular flexibility index (Phi) is 2.94. The first-order valence-corrected chi connectivity index (χ1v) is 6.26. The lowest BCUT2D eigenvalue weighted by Crippen LogP contribution is -2.23. The topological polar surface area (TPSA) is 27.0 Å². The fraction of sp³-hybridized carbons (Fsp3) is 0.462. The number of rotatable bonds is 1. The first kappa shape index (κ1) is 11.5. The van der Waals surface area contributed by atoms with Gasteiger partial charge in [-0.1, -0.05) is 19.9 Å². The van der Waals surface area contributed by atoms with Gasteiger partial charge in [-0.15, -0.1) is 0 Å². The molecule has 0 atom stereocenters. The molecule has 1 fully saturated rings. The largest absolute Gasteiger partial charge is 0.370 e. The van der Waals surface area contributed by atoms with Gasteiger partial charge in [0.1, 0.15) is 6.07 Å². The number of nitrogens with zero attached hydrogens (tertiary/aromatic N) is 2. The third-order valence-corrected chi connectivity index (χ3v) is 3.78. The first-order valence-electron chi connectivity index (χ1n) is 5.47. The van der Waals surface area contributed by atoms with Crippen LogP contribution in [0.3, 0.4) is 0 Å². The van der Waals surface area contributed by atoms with E-state index in [1.165, 1.54) is 6.42 Å². The predicted molar refractivity (Wildman–Crippen MR) is 69.5 cm³/mol. The highest BCUT2D eigenvalue weighted by molar-refractivity contribution is 9.10. The smallest absolute Gasteiger partial charge is 0.103 e. The Morgan fingerprint density at radius 1 is 1.44 bits per heavy atom. The molecule has 16 heavy (non-hydrogen) atoms. The molecule has 2 nitrogen and oxygen atoms in total. The maximum atomic E-state index is 9.18. The molecule has 0 unspecified atom stereocenters. The average molecular weight is 279 g/mol. The number of nitriles is 1. The summed E-state index contributed by atoms with van der Waals surface area (Å²) in [6.45, 7) is 6.62. The average Bonchev–Trinajstić information content (AvgIpc) is 2.58. The number of halogens is 1. The van der Waals surface area contributed by atoms with E-state index in [9.17, 15) is 5.26 Å². The van der Waals surface area contributed by atoms with Gasteiger partial charge in [-0.25, -0.2) is 0 Å². The summed E-state index contributed by atoms with van der Waals surface area (Å²) in [5, 5.41) is 9.18. The molecule has 0 aromatic heterocycles. The van der Waals surface area contributed by atoms with Crippen LogP contribution in [0.5, 0.6) is 0 Å². The van der Waals surface area contributed by atoms with Gasteiger partial charge < -0.3 is 4.90 Å². The van der Waals surface area contributed by atoms with E-state index in [0.29, 0.717) is 5.41 Å². The summed E-state index contributed by atoms with van der Waals surface area (Å²) < 4.78 is 0.886. The van der Waals surface area contributed by atoms with E-state index < -0.39 is 0 Å². The van der Waals surface area contributed by atoms with Gasteiger partial charge in [0.25, 0.3) is 0 Å². The van der Waals surface area contributed by atoms with E-state index in [2.05, 4.69) is 40.7 Å². The summed E-state index contributed by atoms with van der Waals surface area (Å²) in [4.78, 5) is 2.31. The molecule has 1 aromatic carbocycles. The van der Waals surface area contributed by atoms with Gasteiger partial charge >= 0.3 is 0 Å². The van der Waals surface area contributed by atoms with Crippen molar-refractivity contribution < 1.29 is 0 Å². The van der Waals surface area contributed by atoms with Crippen molar-refractivity contribution in [1.82, 2.24) is 0 Å². The highest BCUT2D eigenvalue weighted by Crippen LogP contribution is 2.35. The summed E-state index contributed by atoms with van der Waals surface area (Å²) in [6, 6.07) is 8.22. The van der Waals surface area contributed by atoms with Crippen LogP contribution in [0.25, 0.3) is 0 Å². The van der Waals surface area contributed by atoms with Crippen LogP contribution in [-0.2, 0) is 0 Å². The van der Waals surface area contributed by atoms with Crippen LogP contribution in [0.2, 0.25) is 0 Å². The molecule has 3 heteroatoms. The molecule has 0 aliphatic carbocycles. The van der Waals surface area contributed by atoms with Crippen LogP contribution in [-0.4, -0.2) is 13.1 Å². The molecule has 0 N–H and O–H groups in total. The molecule has 0 bridgehead atoms. The molecule has 1 aromatic rings. The molecule has 0 amide bonds. The van der Waals surface area contributed by atoms with Crippen molar-refractivity contribution in [1.29, 1.82) is 5.26 Å². The molecule has 84 valence electrons. The quantitative estimate of drug-likeness (QED) is 0.786. The Balaban J connectivity index is 2.36. The van der Waals surface area contributed by atoms with E-state index in [1.807, 2.05) is 18.2 Å². The van der Waals surface area contributed by atoms with Crippen LogP contribution in [0.4, 0.5) is 5.69 Å². The van der Waals surface area contributed by atoms with Crippen LogP contribution >= 0.6 is 15.9 Å². The van der Waals surface area contributed by atoms with Crippen molar-refractivity contribution in [2.75, 3.05) is 18.0 Å². The molecule has 1 aliphatic rings. The van der Waals surface area contributed by atoms with Gasteiger partial charge in [0.05, 0.1) is 11.3 Å². The summed E-state index contributed by atoms with van der Waals surface area (Å²) in [5.41, 5.74) is 2.16. The second-order valence-corrected chi connectivity index (χ2v) is 5.94. The lowest BCUT2D eigenvalue weighted by molar-refractivity contribution is 0.418. The molecule has 1 heterocycles. The molecule has 0 spiro atoms. The molecule has 1 aliphatic heterocycles. The maximum absolute atomic E-state index is 9.18. The molecular weight excluding hydrogens is 264 g/mol. The molecule has 0 saturated carbocycles. The third-order valence-electron chi connectivity index (χ3n) is 3.12. The lowest BCUT2D eigenvalue weighted by atomic mass is 9.93. The van der Waals surface area contributed by atoms with E-state index in [4.69, 9.17) is 0 Å². The number of hydrogen-bond acceptors (Lipinski definition) is 2. The number of hydrogen-bond donors (Lipinski definition) is 0.